The monoisotopic (exact) mass is 281 g/mol. The molecule has 0 saturated carbocycles. The molecule has 2 rings (SSSR count). The fourth-order valence-corrected chi connectivity index (χ4v) is 1.49. The number of hydrogen-bond acceptors (Lipinski definition) is 4. The third-order valence-electron chi connectivity index (χ3n) is 2.54. The SMILES string of the molecule is C1CCNC1.CCO.Cc1ccc(C(=N)C(N)=O)cc1.[HH]. The zero-order valence-corrected chi connectivity index (χ0v) is 12.3. The van der Waals surface area contributed by atoms with Crippen molar-refractivity contribution >= 4 is 11.6 Å². The van der Waals surface area contributed by atoms with E-state index in [-0.39, 0.29) is 13.7 Å². The van der Waals surface area contributed by atoms with E-state index in [1.807, 2.05) is 19.1 Å². The standard InChI is InChI=1S/C9H10N2O.C4H9N.C2H6O.H2/c1-6-2-4-7(5-3-6)8(10)9(11)12;1-2-4-5-3-1;1-2-3;/h2-5,10H,1H3,(H2,11,12);5H,1-4H2;3H,2H2,1H3;1H. The van der Waals surface area contributed by atoms with Crippen molar-refractivity contribution in [1.29, 1.82) is 5.41 Å². The first kappa shape index (κ1) is 18.3. The molecule has 5 heteroatoms. The van der Waals surface area contributed by atoms with Crippen molar-refractivity contribution in [1.82, 2.24) is 5.32 Å². The van der Waals surface area contributed by atoms with Crippen LogP contribution in [0, 0.1) is 12.3 Å². The van der Waals surface area contributed by atoms with Crippen molar-refractivity contribution in [3.05, 3.63) is 35.4 Å². The molecule has 0 aromatic heterocycles. The van der Waals surface area contributed by atoms with E-state index in [0.29, 0.717) is 5.56 Å². The first-order chi connectivity index (χ1) is 9.52. The number of carbonyl (C=O) groups excluding carboxylic acids is 1. The lowest BCUT2D eigenvalue weighted by Crippen LogP contribution is -2.22. The molecule has 1 aliphatic rings. The summed E-state index contributed by atoms with van der Waals surface area (Å²) in [5, 5.41) is 18.1. The molecule has 5 N–H and O–H groups in total. The molecule has 0 atom stereocenters. The fourth-order valence-electron chi connectivity index (χ4n) is 1.49. The predicted octanol–water partition coefficient (Wildman–Crippen LogP) is 1.46. The minimum Gasteiger partial charge on any atom is -0.397 e. The minimum atomic E-state index is -0.696. The summed E-state index contributed by atoms with van der Waals surface area (Å²) in [6.45, 7) is 6.37. The molecular formula is C15H27N3O2. The van der Waals surface area contributed by atoms with E-state index in [1.54, 1.807) is 19.1 Å². The quantitative estimate of drug-likeness (QED) is 0.618. The first-order valence-electron chi connectivity index (χ1n) is 6.79. The van der Waals surface area contributed by atoms with Crippen LogP contribution in [0.3, 0.4) is 0 Å². The molecule has 20 heavy (non-hydrogen) atoms. The molecule has 0 spiro atoms. The summed E-state index contributed by atoms with van der Waals surface area (Å²) in [5.74, 6) is -0.696. The van der Waals surface area contributed by atoms with Crippen LogP contribution in [0.2, 0.25) is 0 Å². The number of nitrogens with one attached hydrogen (secondary N) is 2. The van der Waals surface area contributed by atoms with Gasteiger partial charge in [0.15, 0.2) is 0 Å². The molecule has 0 unspecified atom stereocenters. The van der Waals surface area contributed by atoms with E-state index in [0.717, 1.165) is 5.56 Å². The maximum atomic E-state index is 10.6. The van der Waals surface area contributed by atoms with Crippen molar-refractivity contribution in [2.75, 3.05) is 19.7 Å². The average molecular weight is 281 g/mol. The largest absolute Gasteiger partial charge is 0.397 e. The van der Waals surface area contributed by atoms with Gasteiger partial charge in [0.1, 0.15) is 5.71 Å². The Bertz CT molecular complexity index is 396. The molecular weight excluding hydrogens is 254 g/mol. The second-order valence-electron chi connectivity index (χ2n) is 4.38. The predicted molar refractivity (Wildman–Crippen MR) is 84.2 cm³/mol. The van der Waals surface area contributed by atoms with Crippen LogP contribution in [0.4, 0.5) is 0 Å². The summed E-state index contributed by atoms with van der Waals surface area (Å²) in [5.41, 5.74) is 6.46. The second-order valence-corrected chi connectivity index (χ2v) is 4.38. The number of rotatable bonds is 2. The number of primary amides is 1. The Morgan fingerprint density at radius 1 is 1.35 bits per heavy atom. The van der Waals surface area contributed by atoms with Gasteiger partial charge < -0.3 is 16.2 Å². The van der Waals surface area contributed by atoms with Gasteiger partial charge in [-0.15, -0.1) is 0 Å². The molecule has 114 valence electrons. The van der Waals surface area contributed by atoms with E-state index in [2.05, 4.69) is 5.32 Å². The van der Waals surface area contributed by atoms with Crippen molar-refractivity contribution in [2.45, 2.75) is 26.7 Å². The fraction of sp³-hybridized carbons (Fsp3) is 0.467. The van der Waals surface area contributed by atoms with E-state index < -0.39 is 5.91 Å². The van der Waals surface area contributed by atoms with E-state index in [9.17, 15) is 4.79 Å². The molecule has 1 aromatic rings. The van der Waals surface area contributed by atoms with E-state index in [1.165, 1.54) is 25.9 Å². The highest BCUT2D eigenvalue weighted by molar-refractivity contribution is 6.43. The molecule has 0 aliphatic carbocycles. The lowest BCUT2D eigenvalue weighted by Gasteiger charge is -1.98. The lowest BCUT2D eigenvalue weighted by atomic mass is 10.1. The zero-order valence-electron chi connectivity index (χ0n) is 12.3. The molecule has 1 heterocycles. The van der Waals surface area contributed by atoms with Gasteiger partial charge in [-0.1, -0.05) is 29.8 Å². The number of aryl methyl sites for hydroxylation is 1. The van der Waals surface area contributed by atoms with Crippen LogP contribution in [-0.2, 0) is 4.79 Å². The Morgan fingerprint density at radius 3 is 2.10 bits per heavy atom. The summed E-state index contributed by atoms with van der Waals surface area (Å²) >= 11 is 0. The van der Waals surface area contributed by atoms with Gasteiger partial charge in [0.25, 0.3) is 5.91 Å². The van der Waals surface area contributed by atoms with Gasteiger partial charge in [-0.25, -0.2) is 0 Å². The zero-order chi connectivity index (χ0) is 15.4. The van der Waals surface area contributed by atoms with E-state index >= 15 is 0 Å². The van der Waals surface area contributed by atoms with Gasteiger partial charge in [0, 0.05) is 13.6 Å². The number of aliphatic hydroxyl groups is 1. The molecule has 1 saturated heterocycles. The van der Waals surface area contributed by atoms with Crippen LogP contribution in [0.25, 0.3) is 0 Å². The smallest absolute Gasteiger partial charge is 0.267 e. The Labute approximate surface area is 122 Å². The highest BCUT2D eigenvalue weighted by atomic mass is 16.2. The number of benzene rings is 1. The summed E-state index contributed by atoms with van der Waals surface area (Å²) < 4.78 is 0. The van der Waals surface area contributed by atoms with Crippen LogP contribution in [0.5, 0.6) is 0 Å². The highest BCUT2D eigenvalue weighted by Crippen LogP contribution is 2.03. The van der Waals surface area contributed by atoms with Crippen LogP contribution in [0.1, 0.15) is 32.3 Å². The molecule has 0 radical (unpaired) electrons. The Kier molecular flexibility index (Phi) is 10.2. The average Bonchev–Trinajstić information content (AvgIpc) is 2.99. The molecule has 1 fully saturated rings. The number of amides is 1. The third-order valence-corrected chi connectivity index (χ3v) is 2.54. The summed E-state index contributed by atoms with van der Waals surface area (Å²) in [7, 11) is 0. The molecule has 0 bridgehead atoms. The van der Waals surface area contributed by atoms with Gasteiger partial charge in [0.05, 0.1) is 0 Å². The maximum Gasteiger partial charge on any atom is 0.267 e. The lowest BCUT2D eigenvalue weighted by molar-refractivity contribution is -0.112. The van der Waals surface area contributed by atoms with Crippen molar-refractivity contribution in [3.8, 4) is 0 Å². The molecule has 1 aromatic carbocycles. The van der Waals surface area contributed by atoms with Crippen molar-refractivity contribution in [2.24, 2.45) is 5.73 Å². The van der Waals surface area contributed by atoms with Gasteiger partial charge in [-0.05, 0) is 39.8 Å². The Morgan fingerprint density at radius 2 is 1.80 bits per heavy atom. The number of nitrogens with two attached hydrogens (primary N) is 1. The van der Waals surface area contributed by atoms with Gasteiger partial charge >= 0.3 is 0 Å². The normalized spacial score (nSPS) is 12.6. The molecule has 1 amide bonds. The van der Waals surface area contributed by atoms with Crippen LogP contribution >= 0.6 is 0 Å². The summed E-state index contributed by atoms with van der Waals surface area (Å²) in [6.07, 6.45) is 2.78. The number of hydrogen-bond donors (Lipinski definition) is 4. The minimum absolute atomic E-state index is 0. The highest BCUT2D eigenvalue weighted by Gasteiger charge is 2.05. The van der Waals surface area contributed by atoms with Crippen molar-refractivity contribution < 1.29 is 11.3 Å². The second kappa shape index (κ2) is 11.1. The topological polar surface area (TPSA) is 99.2 Å². The van der Waals surface area contributed by atoms with Gasteiger partial charge in [0.2, 0.25) is 0 Å². The Balaban J connectivity index is 0. The molecule has 5 nitrogen and oxygen atoms in total. The number of aliphatic hydroxyl groups excluding tert-OH is 1. The van der Waals surface area contributed by atoms with Crippen molar-refractivity contribution in [3.63, 3.8) is 0 Å². The van der Waals surface area contributed by atoms with E-state index in [4.69, 9.17) is 16.2 Å². The van der Waals surface area contributed by atoms with Crippen LogP contribution in [0.15, 0.2) is 24.3 Å². The Hall–Kier alpha value is -1.72. The maximum absolute atomic E-state index is 10.6. The van der Waals surface area contributed by atoms with Gasteiger partial charge in [-0.2, -0.15) is 0 Å². The summed E-state index contributed by atoms with van der Waals surface area (Å²) in [4.78, 5) is 10.6. The molecule has 1 aliphatic heterocycles. The summed E-state index contributed by atoms with van der Waals surface area (Å²) in [6, 6.07) is 7.10. The third kappa shape index (κ3) is 8.39. The van der Waals surface area contributed by atoms with Gasteiger partial charge in [-0.3, -0.25) is 10.2 Å². The van der Waals surface area contributed by atoms with Crippen LogP contribution in [-0.4, -0.2) is 36.4 Å². The first-order valence-corrected chi connectivity index (χ1v) is 6.79. The van der Waals surface area contributed by atoms with Crippen LogP contribution < -0.4 is 11.1 Å². The number of carbonyl (C=O) groups is 1.